The van der Waals surface area contributed by atoms with Crippen LogP contribution in [0.4, 0.5) is 5.95 Å². The summed E-state index contributed by atoms with van der Waals surface area (Å²) in [6, 6.07) is 7.71. The van der Waals surface area contributed by atoms with E-state index in [1.807, 2.05) is 24.3 Å². The number of Topliss-reactive ketones (excluding diaryl/α,β-unsaturated/α-hetero) is 2. The van der Waals surface area contributed by atoms with Crippen LogP contribution in [0, 0.1) is 5.41 Å². The number of hydrogen-bond acceptors (Lipinski definition) is 6. The first-order valence-electron chi connectivity index (χ1n) is 10.1. The van der Waals surface area contributed by atoms with E-state index in [-0.39, 0.29) is 29.9 Å². The highest BCUT2D eigenvalue weighted by atomic mass is 16.1. The number of carbonyl (C=O) groups is 2. The second-order valence-electron chi connectivity index (χ2n) is 7.50. The van der Waals surface area contributed by atoms with Crippen LogP contribution in [0.25, 0.3) is 11.1 Å². The van der Waals surface area contributed by atoms with E-state index in [2.05, 4.69) is 15.3 Å². The summed E-state index contributed by atoms with van der Waals surface area (Å²) in [5.41, 5.74) is 8.15. The van der Waals surface area contributed by atoms with Crippen LogP contribution in [0.2, 0.25) is 0 Å². The predicted octanol–water partition coefficient (Wildman–Crippen LogP) is 3.29. The zero-order valence-electron chi connectivity index (χ0n) is 16.5. The molecule has 29 heavy (non-hydrogen) atoms. The maximum atomic E-state index is 12.2. The summed E-state index contributed by atoms with van der Waals surface area (Å²) in [5.74, 6) is 0.581. The molecule has 0 radical (unpaired) electrons. The Kier molecular flexibility index (Phi) is 7.05. The van der Waals surface area contributed by atoms with Crippen molar-refractivity contribution in [2.75, 3.05) is 5.32 Å². The highest BCUT2D eigenvalue weighted by Gasteiger charge is 2.21. The molecule has 1 heterocycles. The van der Waals surface area contributed by atoms with E-state index >= 15 is 0 Å². The normalized spacial score (nSPS) is 16.8. The molecule has 2 aromatic rings. The second-order valence-corrected chi connectivity index (χ2v) is 7.50. The standard InChI is InChI=1S/C22H27N5O2/c23-21(24)12-18(28)10-9-15-5-4-6-16(11-15)17-13-25-22(26-14-17)27-19-7-2-1-3-8-20(19)29/h4-6,11,13-14,19H,1-3,7-10,12H2,(H3,23,24)(H,25,26,27). The SMILES string of the molecule is N=C(N)CC(=O)CCc1cccc(-c2cnc(NC3CCCCCC3=O)nc2)c1. The highest BCUT2D eigenvalue weighted by Crippen LogP contribution is 2.22. The molecule has 1 saturated carbocycles. The number of aryl methyl sites for hydroxylation is 1. The smallest absolute Gasteiger partial charge is 0.223 e. The summed E-state index contributed by atoms with van der Waals surface area (Å²) < 4.78 is 0. The number of rotatable bonds is 8. The van der Waals surface area contributed by atoms with Gasteiger partial charge in [0.1, 0.15) is 5.78 Å². The fourth-order valence-corrected chi connectivity index (χ4v) is 3.51. The molecule has 0 amide bonds. The number of hydrogen-bond donors (Lipinski definition) is 3. The van der Waals surface area contributed by atoms with E-state index in [0.717, 1.165) is 42.4 Å². The van der Waals surface area contributed by atoms with Crippen molar-refractivity contribution in [3.63, 3.8) is 0 Å². The molecule has 7 heteroatoms. The Balaban J connectivity index is 1.62. The molecule has 1 unspecified atom stereocenters. The van der Waals surface area contributed by atoms with Crippen molar-refractivity contribution in [2.24, 2.45) is 5.73 Å². The van der Waals surface area contributed by atoms with Crippen LogP contribution in [0.15, 0.2) is 36.7 Å². The van der Waals surface area contributed by atoms with E-state index in [4.69, 9.17) is 11.1 Å². The summed E-state index contributed by atoms with van der Waals surface area (Å²) in [4.78, 5) is 32.7. The lowest BCUT2D eigenvalue weighted by Crippen LogP contribution is -2.29. The van der Waals surface area contributed by atoms with Gasteiger partial charge in [0.2, 0.25) is 5.95 Å². The Hall–Kier alpha value is -3.09. The topological polar surface area (TPSA) is 122 Å². The fourth-order valence-electron chi connectivity index (χ4n) is 3.51. The molecular formula is C22H27N5O2. The van der Waals surface area contributed by atoms with E-state index in [1.165, 1.54) is 0 Å². The van der Waals surface area contributed by atoms with E-state index < -0.39 is 0 Å². The van der Waals surface area contributed by atoms with Gasteiger partial charge in [-0.25, -0.2) is 9.97 Å². The average Bonchev–Trinajstić information content (AvgIpc) is 2.91. The summed E-state index contributed by atoms with van der Waals surface area (Å²) in [5, 5.41) is 10.4. The van der Waals surface area contributed by atoms with Gasteiger partial charge in [0, 0.05) is 30.8 Å². The molecule has 0 aliphatic heterocycles. The number of nitrogens with zero attached hydrogens (tertiary/aromatic N) is 2. The van der Waals surface area contributed by atoms with Crippen molar-refractivity contribution in [3.05, 3.63) is 42.2 Å². The zero-order chi connectivity index (χ0) is 20.6. The van der Waals surface area contributed by atoms with E-state index in [1.54, 1.807) is 12.4 Å². The van der Waals surface area contributed by atoms with Crippen molar-refractivity contribution in [1.82, 2.24) is 9.97 Å². The molecule has 1 atom stereocenters. The van der Waals surface area contributed by atoms with Gasteiger partial charge in [-0.15, -0.1) is 0 Å². The molecule has 1 aliphatic carbocycles. The Morgan fingerprint density at radius 2 is 1.97 bits per heavy atom. The molecule has 1 aromatic carbocycles. The third-order valence-corrected chi connectivity index (χ3v) is 5.10. The van der Waals surface area contributed by atoms with Gasteiger partial charge < -0.3 is 11.1 Å². The summed E-state index contributed by atoms with van der Waals surface area (Å²) in [7, 11) is 0. The Labute approximate surface area is 170 Å². The van der Waals surface area contributed by atoms with Crippen molar-refractivity contribution >= 4 is 23.4 Å². The first-order valence-corrected chi connectivity index (χ1v) is 10.1. The maximum absolute atomic E-state index is 12.2. The molecule has 4 N–H and O–H groups in total. The lowest BCUT2D eigenvalue weighted by Gasteiger charge is -2.15. The Morgan fingerprint density at radius 3 is 2.72 bits per heavy atom. The maximum Gasteiger partial charge on any atom is 0.223 e. The van der Waals surface area contributed by atoms with Crippen LogP contribution in [-0.2, 0) is 16.0 Å². The molecular weight excluding hydrogens is 366 g/mol. The van der Waals surface area contributed by atoms with Crippen LogP contribution < -0.4 is 11.1 Å². The molecule has 3 rings (SSSR count). The van der Waals surface area contributed by atoms with Gasteiger partial charge >= 0.3 is 0 Å². The number of amidine groups is 1. The van der Waals surface area contributed by atoms with Crippen LogP contribution in [0.3, 0.4) is 0 Å². The number of nitrogens with two attached hydrogens (primary N) is 1. The van der Waals surface area contributed by atoms with Crippen molar-refractivity contribution < 1.29 is 9.59 Å². The minimum Gasteiger partial charge on any atom is -0.387 e. The first-order chi connectivity index (χ1) is 14.0. The summed E-state index contributed by atoms with van der Waals surface area (Å²) in [6.07, 6.45) is 9.02. The second kappa shape index (κ2) is 9.91. The van der Waals surface area contributed by atoms with Crippen molar-refractivity contribution in [1.29, 1.82) is 5.41 Å². The zero-order valence-corrected chi connectivity index (χ0v) is 16.5. The van der Waals surface area contributed by atoms with Crippen LogP contribution in [-0.4, -0.2) is 33.4 Å². The summed E-state index contributed by atoms with van der Waals surface area (Å²) >= 11 is 0. The number of ketones is 2. The van der Waals surface area contributed by atoms with Gasteiger partial charge in [0.15, 0.2) is 5.78 Å². The summed E-state index contributed by atoms with van der Waals surface area (Å²) in [6.45, 7) is 0. The quantitative estimate of drug-likeness (QED) is 0.359. The molecule has 1 aromatic heterocycles. The lowest BCUT2D eigenvalue weighted by atomic mass is 10.0. The van der Waals surface area contributed by atoms with Crippen LogP contribution in [0.1, 0.15) is 50.5 Å². The lowest BCUT2D eigenvalue weighted by molar-refractivity contribution is -0.120. The van der Waals surface area contributed by atoms with Crippen LogP contribution in [0.5, 0.6) is 0 Å². The van der Waals surface area contributed by atoms with Gasteiger partial charge in [-0.05, 0) is 30.4 Å². The van der Waals surface area contributed by atoms with E-state index in [9.17, 15) is 9.59 Å². The molecule has 0 bridgehead atoms. The third-order valence-electron chi connectivity index (χ3n) is 5.10. The number of nitrogens with one attached hydrogen (secondary N) is 2. The van der Waals surface area contributed by atoms with Gasteiger partial charge in [-0.1, -0.05) is 37.1 Å². The molecule has 0 spiro atoms. The largest absolute Gasteiger partial charge is 0.387 e. The Bertz CT molecular complexity index is 879. The molecule has 7 nitrogen and oxygen atoms in total. The van der Waals surface area contributed by atoms with Gasteiger partial charge in [-0.2, -0.15) is 0 Å². The highest BCUT2D eigenvalue weighted by molar-refractivity contribution is 5.98. The molecule has 1 fully saturated rings. The molecule has 152 valence electrons. The molecule has 0 saturated heterocycles. The van der Waals surface area contributed by atoms with Crippen molar-refractivity contribution in [2.45, 2.75) is 57.4 Å². The minimum atomic E-state index is -0.195. The minimum absolute atomic E-state index is 0.00545. The van der Waals surface area contributed by atoms with Gasteiger partial charge in [0.05, 0.1) is 18.3 Å². The van der Waals surface area contributed by atoms with E-state index in [0.29, 0.717) is 25.2 Å². The van der Waals surface area contributed by atoms with Crippen molar-refractivity contribution in [3.8, 4) is 11.1 Å². The fraction of sp³-hybridized carbons (Fsp3) is 0.409. The number of benzene rings is 1. The number of anilines is 1. The Morgan fingerprint density at radius 1 is 1.17 bits per heavy atom. The monoisotopic (exact) mass is 393 g/mol. The number of aromatic nitrogens is 2. The predicted molar refractivity (Wildman–Crippen MR) is 113 cm³/mol. The number of carbonyl (C=O) groups excluding carboxylic acids is 2. The van der Waals surface area contributed by atoms with Gasteiger partial charge in [-0.3, -0.25) is 15.0 Å². The molecule has 1 aliphatic rings. The third kappa shape index (κ3) is 6.20. The van der Waals surface area contributed by atoms with Crippen LogP contribution >= 0.6 is 0 Å². The van der Waals surface area contributed by atoms with Gasteiger partial charge in [0.25, 0.3) is 0 Å². The average molecular weight is 393 g/mol. The first kappa shape index (κ1) is 20.6.